The first-order valence-electron chi connectivity index (χ1n) is 8.75. The lowest BCUT2D eigenvalue weighted by atomic mass is 10.0. The third kappa shape index (κ3) is 4.67. The third-order valence-electron chi connectivity index (χ3n) is 4.62. The van der Waals surface area contributed by atoms with E-state index >= 15 is 0 Å². The first kappa shape index (κ1) is 17.6. The summed E-state index contributed by atoms with van der Waals surface area (Å²) in [7, 11) is 4.16. The van der Waals surface area contributed by atoms with Crippen LogP contribution in [0, 0.1) is 12.8 Å². The standard InChI is InChI=1S/C19H27N5O/c1-14-9-17(22-21-14)19(25)20-18-13-24(12-16(18)11-23(2)3)10-15-7-5-4-6-8-15/h4-9,16,18H,10-13H2,1-3H3,(H,20,25)(H,21,22)/t16-,18-/m1/s1. The maximum atomic E-state index is 12.5. The fraction of sp³-hybridized carbons (Fsp3) is 0.474. The molecular formula is C19H27N5O. The number of likely N-dealkylation sites (tertiary alicyclic amines) is 1. The predicted molar refractivity (Wildman–Crippen MR) is 98.3 cm³/mol. The smallest absolute Gasteiger partial charge is 0.272 e. The lowest BCUT2D eigenvalue weighted by molar-refractivity contribution is 0.0921. The molecule has 25 heavy (non-hydrogen) atoms. The number of aryl methyl sites for hydroxylation is 1. The fourth-order valence-corrected chi connectivity index (χ4v) is 3.53. The molecule has 1 fully saturated rings. The molecule has 1 aliphatic heterocycles. The molecule has 1 aromatic heterocycles. The Kier molecular flexibility index (Phi) is 5.50. The van der Waals surface area contributed by atoms with E-state index in [9.17, 15) is 4.79 Å². The molecule has 0 saturated carbocycles. The summed E-state index contributed by atoms with van der Waals surface area (Å²) < 4.78 is 0. The molecule has 1 saturated heterocycles. The number of hydrogen-bond acceptors (Lipinski definition) is 4. The molecule has 6 heteroatoms. The molecule has 6 nitrogen and oxygen atoms in total. The third-order valence-corrected chi connectivity index (χ3v) is 4.62. The largest absolute Gasteiger partial charge is 0.346 e. The number of rotatable bonds is 6. The highest BCUT2D eigenvalue weighted by atomic mass is 16.2. The second-order valence-corrected chi connectivity index (χ2v) is 7.22. The molecule has 2 aromatic rings. The van der Waals surface area contributed by atoms with Gasteiger partial charge in [-0.1, -0.05) is 30.3 Å². The van der Waals surface area contributed by atoms with Crippen LogP contribution >= 0.6 is 0 Å². The first-order chi connectivity index (χ1) is 12.0. The van der Waals surface area contributed by atoms with Gasteiger partial charge in [-0.2, -0.15) is 5.10 Å². The van der Waals surface area contributed by atoms with E-state index < -0.39 is 0 Å². The molecule has 1 amide bonds. The van der Waals surface area contributed by atoms with E-state index in [1.165, 1.54) is 5.56 Å². The van der Waals surface area contributed by atoms with Crippen molar-refractivity contribution in [3.63, 3.8) is 0 Å². The number of benzene rings is 1. The second kappa shape index (κ2) is 7.80. The number of nitrogens with zero attached hydrogens (tertiary/aromatic N) is 3. The molecule has 2 N–H and O–H groups in total. The quantitative estimate of drug-likeness (QED) is 0.836. The van der Waals surface area contributed by atoms with Crippen LogP contribution < -0.4 is 5.32 Å². The highest BCUT2D eigenvalue weighted by Gasteiger charge is 2.34. The number of carbonyl (C=O) groups is 1. The average molecular weight is 341 g/mol. The normalized spacial score (nSPS) is 21.0. The summed E-state index contributed by atoms with van der Waals surface area (Å²) in [6.45, 7) is 5.62. The van der Waals surface area contributed by atoms with Crippen molar-refractivity contribution in [3.8, 4) is 0 Å². The highest BCUT2D eigenvalue weighted by Crippen LogP contribution is 2.20. The molecule has 0 aliphatic carbocycles. The van der Waals surface area contributed by atoms with E-state index in [-0.39, 0.29) is 11.9 Å². The van der Waals surface area contributed by atoms with Gasteiger partial charge in [0.1, 0.15) is 5.69 Å². The van der Waals surface area contributed by atoms with Crippen molar-refractivity contribution in [2.24, 2.45) is 5.92 Å². The van der Waals surface area contributed by atoms with Crippen molar-refractivity contribution in [1.29, 1.82) is 0 Å². The topological polar surface area (TPSA) is 64.3 Å². The zero-order valence-corrected chi connectivity index (χ0v) is 15.2. The maximum absolute atomic E-state index is 12.5. The number of hydrogen-bond donors (Lipinski definition) is 2. The van der Waals surface area contributed by atoms with Gasteiger partial charge in [-0.3, -0.25) is 14.8 Å². The van der Waals surface area contributed by atoms with Gasteiger partial charge in [0.2, 0.25) is 0 Å². The Bertz CT molecular complexity index is 697. The maximum Gasteiger partial charge on any atom is 0.272 e. The number of nitrogens with one attached hydrogen (secondary N) is 2. The Balaban J connectivity index is 1.66. The molecule has 0 spiro atoms. The summed E-state index contributed by atoms with van der Waals surface area (Å²) in [6, 6.07) is 12.4. The van der Waals surface area contributed by atoms with Crippen LogP contribution in [0.5, 0.6) is 0 Å². The number of amides is 1. The van der Waals surface area contributed by atoms with Gasteiger partial charge in [-0.25, -0.2) is 0 Å². The van der Waals surface area contributed by atoms with Gasteiger partial charge < -0.3 is 10.2 Å². The van der Waals surface area contributed by atoms with Crippen LogP contribution in [0.4, 0.5) is 0 Å². The van der Waals surface area contributed by atoms with E-state index in [4.69, 9.17) is 0 Å². The second-order valence-electron chi connectivity index (χ2n) is 7.22. The SMILES string of the molecule is Cc1cc(C(=O)N[C@@H]2CN(Cc3ccccc3)C[C@H]2CN(C)C)n[nH]1. The zero-order valence-electron chi connectivity index (χ0n) is 15.2. The molecule has 1 aliphatic rings. The molecule has 0 radical (unpaired) electrons. The summed E-state index contributed by atoms with van der Waals surface area (Å²) in [4.78, 5) is 17.1. The lowest BCUT2D eigenvalue weighted by Gasteiger charge is -2.22. The Morgan fingerprint density at radius 3 is 2.72 bits per heavy atom. The van der Waals surface area contributed by atoms with Gasteiger partial charge in [0, 0.05) is 43.8 Å². The Labute approximate surface area is 149 Å². The first-order valence-corrected chi connectivity index (χ1v) is 8.75. The minimum atomic E-state index is -0.0975. The molecule has 134 valence electrons. The Morgan fingerprint density at radius 2 is 2.08 bits per heavy atom. The molecule has 0 bridgehead atoms. The van der Waals surface area contributed by atoms with Gasteiger partial charge in [0.05, 0.1) is 0 Å². The molecule has 2 heterocycles. The summed E-state index contributed by atoms with van der Waals surface area (Å²) >= 11 is 0. The van der Waals surface area contributed by atoms with Gasteiger partial charge >= 0.3 is 0 Å². The van der Waals surface area contributed by atoms with Crippen molar-refractivity contribution in [2.75, 3.05) is 33.7 Å². The van der Waals surface area contributed by atoms with Crippen molar-refractivity contribution < 1.29 is 4.79 Å². The highest BCUT2D eigenvalue weighted by molar-refractivity contribution is 5.92. The average Bonchev–Trinajstić information content (AvgIpc) is 3.15. The predicted octanol–water partition coefficient (Wildman–Crippen LogP) is 1.51. The molecule has 0 unspecified atom stereocenters. The van der Waals surface area contributed by atoms with Gasteiger partial charge in [-0.15, -0.1) is 0 Å². The van der Waals surface area contributed by atoms with E-state index in [0.717, 1.165) is 31.9 Å². The van der Waals surface area contributed by atoms with Crippen LogP contribution in [-0.2, 0) is 6.54 Å². The Morgan fingerprint density at radius 1 is 1.32 bits per heavy atom. The molecule has 2 atom stereocenters. The summed E-state index contributed by atoms with van der Waals surface area (Å²) in [6.07, 6.45) is 0. The van der Waals surface area contributed by atoms with Gasteiger partial charge in [0.15, 0.2) is 0 Å². The summed E-state index contributed by atoms with van der Waals surface area (Å²) in [5.74, 6) is 0.308. The van der Waals surface area contributed by atoms with E-state index in [1.54, 1.807) is 6.07 Å². The zero-order chi connectivity index (χ0) is 17.8. The number of H-pyrrole nitrogens is 1. The van der Waals surface area contributed by atoms with Crippen LogP contribution in [0.15, 0.2) is 36.4 Å². The van der Waals surface area contributed by atoms with Crippen molar-refractivity contribution in [1.82, 2.24) is 25.3 Å². The van der Waals surface area contributed by atoms with Gasteiger partial charge in [-0.05, 0) is 32.6 Å². The van der Waals surface area contributed by atoms with Gasteiger partial charge in [0.25, 0.3) is 5.91 Å². The summed E-state index contributed by atoms with van der Waals surface area (Å²) in [5, 5.41) is 10.1. The fourth-order valence-electron chi connectivity index (χ4n) is 3.53. The van der Waals surface area contributed by atoms with Crippen LogP contribution in [0.1, 0.15) is 21.7 Å². The number of aromatic amines is 1. The Hall–Kier alpha value is -2.18. The molecule has 1 aromatic carbocycles. The van der Waals surface area contributed by atoms with Crippen LogP contribution in [0.2, 0.25) is 0 Å². The van der Waals surface area contributed by atoms with Crippen molar-refractivity contribution in [3.05, 3.63) is 53.3 Å². The van der Waals surface area contributed by atoms with Crippen LogP contribution in [0.3, 0.4) is 0 Å². The van der Waals surface area contributed by atoms with Crippen molar-refractivity contribution >= 4 is 5.91 Å². The van der Waals surface area contributed by atoms with E-state index in [0.29, 0.717) is 11.6 Å². The summed E-state index contributed by atoms with van der Waals surface area (Å²) in [5.41, 5.74) is 2.66. The number of aromatic nitrogens is 2. The minimum Gasteiger partial charge on any atom is -0.346 e. The van der Waals surface area contributed by atoms with E-state index in [1.807, 2.05) is 13.0 Å². The minimum absolute atomic E-state index is 0.0975. The lowest BCUT2D eigenvalue weighted by Crippen LogP contribution is -2.43. The molecular weight excluding hydrogens is 314 g/mol. The monoisotopic (exact) mass is 341 g/mol. The van der Waals surface area contributed by atoms with E-state index in [2.05, 4.69) is 63.7 Å². The van der Waals surface area contributed by atoms with Crippen LogP contribution in [0.25, 0.3) is 0 Å². The van der Waals surface area contributed by atoms with Crippen molar-refractivity contribution in [2.45, 2.75) is 19.5 Å². The molecule has 3 rings (SSSR count). The van der Waals surface area contributed by atoms with Crippen LogP contribution in [-0.4, -0.2) is 65.7 Å². The number of carbonyl (C=O) groups excluding carboxylic acids is 1.